The molecule has 2 fully saturated rings. The molecule has 1 saturated heterocycles. The first-order chi connectivity index (χ1) is 9.84. The molecule has 0 spiro atoms. The number of nitrogens with zero attached hydrogens (tertiary/aromatic N) is 2. The van der Waals surface area contributed by atoms with Gasteiger partial charge in [0.2, 0.25) is 5.88 Å². The second-order valence-corrected chi connectivity index (χ2v) is 6.00. The third kappa shape index (κ3) is 2.19. The second-order valence-electron chi connectivity index (χ2n) is 6.00. The summed E-state index contributed by atoms with van der Waals surface area (Å²) in [5.41, 5.74) is 4.99. The van der Waals surface area contributed by atoms with Crippen molar-refractivity contribution in [3.8, 4) is 5.88 Å². The highest BCUT2D eigenvalue weighted by molar-refractivity contribution is 5.93. The number of aliphatic hydroxyl groups excluding tert-OH is 1. The number of rotatable bonds is 3. The molecular weight excluding hydrogens is 278 g/mol. The predicted octanol–water partition coefficient (Wildman–Crippen LogP) is -0.239. The Morgan fingerprint density at radius 3 is 2.76 bits per heavy atom. The minimum Gasteiger partial charge on any atom is -0.493 e. The number of hydrogen-bond donors (Lipinski definition) is 3. The van der Waals surface area contributed by atoms with E-state index in [1.54, 1.807) is 13.8 Å². The molecule has 0 aromatic carbocycles. The van der Waals surface area contributed by atoms with E-state index in [0.717, 1.165) is 0 Å². The van der Waals surface area contributed by atoms with Gasteiger partial charge in [0.15, 0.2) is 11.5 Å². The summed E-state index contributed by atoms with van der Waals surface area (Å²) in [5.74, 6) is -1.91. The maximum absolute atomic E-state index is 11.2. The van der Waals surface area contributed by atoms with Crippen molar-refractivity contribution in [2.45, 2.75) is 44.3 Å². The lowest BCUT2D eigenvalue weighted by molar-refractivity contribution is -0.161. The van der Waals surface area contributed by atoms with Crippen LogP contribution in [0.25, 0.3) is 0 Å². The number of nitrogens with two attached hydrogens (primary N) is 1. The van der Waals surface area contributed by atoms with Gasteiger partial charge in [0.1, 0.15) is 6.10 Å². The highest BCUT2D eigenvalue weighted by Gasteiger charge is 2.54. The van der Waals surface area contributed by atoms with Gasteiger partial charge >= 0.3 is 0 Å². The van der Waals surface area contributed by atoms with Gasteiger partial charge in [0, 0.05) is 12.5 Å². The van der Waals surface area contributed by atoms with E-state index >= 15 is 0 Å². The molecule has 21 heavy (non-hydrogen) atoms. The van der Waals surface area contributed by atoms with Crippen LogP contribution < -0.4 is 5.73 Å². The zero-order valence-corrected chi connectivity index (χ0v) is 11.9. The van der Waals surface area contributed by atoms with E-state index in [9.17, 15) is 15.0 Å². The summed E-state index contributed by atoms with van der Waals surface area (Å²) in [5, 5.41) is 19.6. The third-order valence-electron chi connectivity index (χ3n) is 4.14. The smallest absolute Gasteiger partial charge is 0.272 e. The van der Waals surface area contributed by atoms with Gasteiger partial charge in [-0.25, -0.2) is 4.98 Å². The molecule has 0 bridgehead atoms. The molecule has 3 rings (SSSR count). The molecule has 1 aromatic rings. The van der Waals surface area contributed by atoms with Crippen molar-refractivity contribution in [1.82, 2.24) is 9.55 Å². The molecule has 4 N–H and O–H groups in total. The number of aliphatic hydroxyl groups is 1. The minimum absolute atomic E-state index is 0.0325. The molecule has 1 aliphatic carbocycles. The SMILES string of the molecule is CC1(C)OC2C(CO)CC(n3cnc(C(N)=O)c3O)C2O1. The first-order valence-electron chi connectivity index (χ1n) is 6.86. The van der Waals surface area contributed by atoms with Crippen LogP contribution in [-0.4, -0.2) is 50.3 Å². The van der Waals surface area contributed by atoms with E-state index in [1.165, 1.54) is 10.9 Å². The summed E-state index contributed by atoms with van der Waals surface area (Å²) >= 11 is 0. The van der Waals surface area contributed by atoms with E-state index in [-0.39, 0.29) is 42.3 Å². The van der Waals surface area contributed by atoms with Crippen LogP contribution in [0, 0.1) is 5.92 Å². The number of aromatic nitrogens is 2. The first kappa shape index (κ1) is 14.3. The van der Waals surface area contributed by atoms with Gasteiger partial charge in [-0.2, -0.15) is 0 Å². The first-order valence-corrected chi connectivity index (χ1v) is 6.86. The molecule has 116 valence electrons. The monoisotopic (exact) mass is 297 g/mol. The largest absolute Gasteiger partial charge is 0.493 e. The molecule has 8 heteroatoms. The summed E-state index contributed by atoms with van der Waals surface area (Å²) in [6.45, 7) is 3.58. The lowest BCUT2D eigenvalue weighted by Crippen LogP contribution is -2.27. The fraction of sp³-hybridized carbons (Fsp3) is 0.692. The normalized spacial score (nSPS) is 34.0. The van der Waals surface area contributed by atoms with Crippen LogP contribution in [0.5, 0.6) is 5.88 Å². The lowest BCUT2D eigenvalue weighted by Gasteiger charge is -2.23. The minimum atomic E-state index is -0.788. The number of fused-ring (bicyclic) bond motifs is 1. The molecule has 8 nitrogen and oxygen atoms in total. The molecule has 1 saturated carbocycles. The van der Waals surface area contributed by atoms with Crippen molar-refractivity contribution < 1.29 is 24.5 Å². The van der Waals surface area contributed by atoms with Gasteiger partial charge in [-0.05, 0) is 20.3 Å². The van der Waals surface area contributed by atoms with Crippen LogP contribution in [0.2, 0.25) is 0 Å². The fourth-order valence-electron chi connectivity index (χ4n) is 3.28. The number of primary amides is 1. The zero-order valence-electron chi connectivity index (χ0n) is 11.9. The number of imidazole rings is 1. The molecule has 2 heterocycles. The molecule has 4 atom stereocenters. The maximum Gasteiger partial charge on any atom is 0.272 e. The van der Waals surface area contributed by atoms with Gasteiger partial charge in [-0.3, -0.25) is 9.36 Å². The van der Waals surface area contributed by atoms with E-state index < -0.39 is 11.7 Å². The van der Waals surface area contributed by atoms with E-state index in [1.807, 2.05) is 0 Å². The maximum atomic E-state index is 11.2. The third-order valence-corrected chi connectivity index (χ3v) is 4.14. The van der Waals surface area contributed by atoms with Crippen molar-refractivity contribution in [3.05, 3.63) is 12.0 Å². The second kappa shape index (κ2) is 4.69. The number of carbonyl (C=O) groups is 1. The zero-order chi connectivity index (χ0) is 15.4. The molecule has 0 radical (unpaired) electrons. The molecule has 4 unspecified atom stereocenters. The topological polar surface area (TPSA) is 120 Å². The Hall–Kier alpha value is -1.64. The number of hydrogen-bond acceptors (Lipinski definition) is 6. The van der Waals surface area contributed by atoms with Crippen molar-refractivity contribution in [1.29, 1.82) is 0 Å². The molecule has 1 aliphatic heterocycles. The molecular formula is C13H19N3O5. The number of carbonyl (C=O) groups excluding carboxylic acids is 1. The Morgan fingerprint density at radius 2 is 2.19 bits per heavy atom. The predicted molar refractivity (Wildman–Crippen MR) is 70.5 cm³/mol. The van der Waals surface area contributed by atoms with Gasteiger partial charge in [-0.15, -0.1) is 0 Å². The van der Waals surface area contributed by atoms with E-state index in [2.05, 4.69) is 4.98 Å². The number of aromatic hydroxyl groups is 1. The van der Waals surface area contributed by atoms with Gasteiger partial charge in [-0.1, -0.05) is 0 Å². The summed E-state index contributed by atoms with van der Waals surface area (Å²) in [4.78, 5) is 15.0. The fourth-order valence-corrected chi connectivity index (χ4v) is 3.28. The Morgan fingerprint density at radius 1 is 1.52 bits per heavy atom. The summed E-state index contributed by atoms with van der Waals surface area (Å²) in [6, 6.07) is -0.269. The van der Waals surface area contributed by atoms with Crippen molar-refractivity contribution in [2.75, 3.05) is 6.61 Å². The van der Waals surface area contributed by atoms with E-state index in [0.29, 0.717) is 6.42 Å². The summed E-state index contributed by atoms with van der Waals surface area (Å²) in [7, 11) is 0. The Bertz CT molecular complexity index is 570. The molecule has 1 amide bonds. The van der Waals surface area contributed by atoms with Crippen molar-refractivity contribution in [3.63, 3.8) is 0 Å². The van der Waals surface area contributed by atoms with Crippen LogP contribution >= 0.6 is 0 Å². The lowest BCUT2D eigenvalue weighted by atomic mass is 10.1. The van der Waals surface area contributed by atoms with Gasteiger partial charge in [0.25, 0.3) is 5.91 Å². The standard InChI is InChI=1S/C13H19N3O5/c1-13(2)20-9-6(4-17)3-7(10(9)21-13)16-5-15-8(11(14)18)12(16)19/h5-7,9-10,17,19H,3-4H2,1-2H3,(H2,14,18). The highest BCUT2D eigenvalue weighted by Crippen LogP contribution is 2.47. The Labute approximate surface area is 121 Å². The van der Waals surface area contributed by atoms with Crippen LogP contribution in [0.4, 0.5) is 0 Å². The average Bonchev–Trinajstić information content (AvgIpc) is 3.00. The van der Waals surface area contributed by atoms with Gasteiger partial charge in [0.05, 0.1) is 18.5 Å². The van der Waals surface area contributed by atoms with Crippen LogP contribution in [0.15, 0.2) is 6.33 Å². The van der Waals surface area contributed by atoms with Crippen molar-refractivity contribution >= 4 is 5.91 Å². The summed E-state index contributed by atoms with van der Waals surface area (Å²) < 4.78 is 13.2. The Kier molecular flexibility index (Phi) is 3.19. The van der Waals surface area contributed by atoms with Crippen LogP contribution in [0.3, 0.4) is 0 Å². The van der Waals surface area contributed by atoms with Crippen LogP contribution in [0.1, 0.15) is 36.8 Å². The van der Waals surface area contributed by atoms with Crippen LogP contribution in [-0.2, 0) is 9.47 Å². The van der Waals surface area contributed by atoms with E-state index in [4.69, 9.17) is 15.2 Å². The molecule has 1 aromatic heterocycles. The van der Waals surface area contributed by atoms with Gasteiger partial charge < -0.3 is 25.4 Å². The summed E-state index contributed by atoms with van der Waals surface area (Å²) in [6.07, 6.45) is 1.35. The average molecular weight is 297 g/mol. The number of ether oxygens (including phenoxy) is 2. The highest BCUT2D eigenvalue weighted by atomic mass is 16.8. The molecule has 2 aliphatic rings. The quantitative estimate of drug-likeness (QED) is 0.708. The number of amides is 1. The van der Waals surface area contributed by atoms with Crippen molar-refractivity contribution in [2.24, 2.45) is 11.7 Å². The Balaban J connectivity index is 1.94.